The molecule has 0 bridgehead atoms. The van der Waals surface area contributed by atoms with Gasteiger partial charge in [-0.15, -0.1) is 0 Å². The topological polar surface area (TPSA) is 92.5 Å². The van der Waals surface area contributed by atoms with Crippen LogP contribution in [-0.4, -0.2) is 62.6 Å². The van der Waals surface area contributed by atoms with Gasteiger partial charge in [-0.25, -0.2) is 15.0 Å². The summed E-state index contributed by atoms with van der Waals surface area (Å²) in [6.07, 6.45) is 9.97. The molecule has 3 aromatic heterocycles. The number of carbonyl (C=O) groups excluding carboxylic acids is 2. The lowest BCUT2D eigenvalue weighted by atomic mass is 10.1. The molecule has 1 amide bonds. The highest BCUT2D eigenvalue weighted by atomic mass is 32.1. The summed E-state index contributed by atoms with van der Waals surface area (Å²) in [6, 6.07) is 7.34. The van der Waals surface area contributed by atoms with Crippen LogP contribution < -0.4 is 5.32 Å². The second kappa shape index (κ2) is 9.99. The largest absolute Gasteiger partial charge is 0.355 e. The maximum absolute atomic E-state index is 12.6. The van der Waals surface area contributed by atoms with E-state index in [4.69, 9.17) is 4.98 Å². The van der Waals surface area contributed by atoms with E-state index in [1.165, 1.54) is 43.7 Å². The smallest absolute Gasteiger partial charge is 0.251 e. The minimum absolute atomic E-state index is 0.00322. The molecular formula is C25H28N6O2S. The maximum atomic E-state index is 12.6. The van der Waals surface area contributed by atoms with Crippen LogP contribution in [0.5, 0.6) is 0 Å². The molecule has 0 unspecified atom stereocenters. The number of carbonyl (C=O) groups is 2. The third kappa shape index (κ3) is 4.71. The Morgan fingerprint density at radius 3 is 2.62 bits per heavy atom. The summed E-state index contributed by atoms with van der Waals surface area (Å²) in [4.78, 5) is 42.1. The number of benzene rings is 1. The molecule has 1 fully saturated rings. The molecule has 1 aliphatic rings. The number of nitrogens with one attached hydrogen (secondary N) is 1. The molecule has 9 heteroatoms. The summed E-state index contributed by atoms with van der Waals surface area (Å²) in [5.41, 5.74) is 3.18. The van der Waals surface area contributed by atoms with Crippen LogP contribution in [0.3, 0.4) is 0 Å². The van der Waals surface area contributed by atoms with Gasteiger partial charge in [-0.1, -0.05) is 29.9 Å². The van der Waals surface area contributed by atoms with Crippen molar-refractivity contribution in [2.45, 2.75) is 38.5 Å². The quantitative estimate of drug-likeness (QED) is 0.303. The van der Waals surface area contributed by atoms with Gasteiger partial charge in [-0.2, -0.15) is 0 Å². The number of hydrogen-bond acceptors (Lipinski definition) is 7. The Balaban J connectivity index is 1.25. The van der Waals surface area contributed by atoms with Crippen molar-refractivity contribution < 1.29 is 9.59 Å². The van der Waals surface area contributed by atoms with E-state index in [-0.39, 0.29) is 11.7 Å². The van der Waals surface area contributed by atoms with Crippen molar-refractivity contribution in [1.29, 1.82) is 0 Å². The van der Waals surface area contributed by atoms with Gasteiger partial charge in [0.15, 0.2) is 16.6 Å². The first-order chi connectivity index (χ1) is 16.6. The number of piperidine rings is 1. The van der Waals surface area contributed by atoms with Crippen LogP contribution in [0, 0.1) is 0 Å². The van der Waals surface area contributed by atoms with Crippen LogP contribution in [0.2, 0.25) is 0 Å². The van der Waals surface area contributed by atoms with Crippen LogP contribution in [-0.2, 0) is 0 Å². The van der Waals surface area contributed by atoms with Gasteiger partial charge in [-0.05, 0) is 57.5 Å². The minimum atomic E-state index is -0.118. The summed E-state index contributed by atoms with van der Waals surface area (Å²) in [5, 5.41) is 2.62. The molecule has 0 saturated carbocycles. The van der Waals surface area contributed by atoms with Crippen molar-refractivity contribution in [2.24, 2.45) is 0 Å². The number of imidazole rings is 1. The number of unbranched alkanes of at least 4 members (excludes halogenated alkanes) is 1. The van der Waals surface area contributed by atoms with E-state index in [0.29, 0.717) is 17.8 Å². The number of amides is 1. The zero-order chi connectivity index (χ0) is 23.5. The number of thiazole rings is 1. The van der Waals surface area contributed by atoms with Crippen LogP contribution in [0.25, 0.3) is 26.6 Å². The van der Waals surface area contributed by atoms with Crippen molar-refractivity contribution in [3.63, 3.8) is 0 Å². The monoisotopic (exact) mass is 476 g/mol. The van der Waals surface area contributed by atoms with Crippen molar-refractivity contribution in [3.8, 4) is 11.3 Å². The van der Waals surface area contributed by atoms with Crippen molar-refractivity contribution >= 4 is 38.3 Å². The number of nitrogens with zero attached hydrogens (tertiary/aromatic N) is 5. The molecule has 1 aromatic carbocycles. The minimum Gasteiger partial charge on any atom is -0.355 e. The predicted molar refractivity (Wildman–Crippen MR) is 133 cm³/mol. The van der Waals surface area contributed by atoms with E-state index in [1.54, 1.807) is 25.4 Å². The Morgan fingerprint density at radius 2 is 1.85 bits per heavy atom. The molecule has 0 aliphatic carbocycles. The maximum Gasteiger partial charge on any atom is 0.251 e. The molecule has 1 aliphatic heterocycles. The van der Waals surface area contributed by atoms with Gasteiger partial charge < -0.3 is 10.2 Å². The van der Waals surface area contributed by atoms with E-state index in [0.717, 1.165) is 46.0 Å². The summed E-state index contributed by atoms with van der Waals surface area (Å²) >= 11 is 1.45. The number of ketones is 1. The molecule has 4 aromatic rings. The molecular weight excluding hydrogens is 448 g/mol. The van der Waals surface area contributed by atoms with E-state index in [1.807, 2.05) is 22.7 Å². The van der Waals surface area contributed by atoms with Crippen LogP contribution in [0.4, 0.5) is 0 Å². The standard InChI is InChI=1S/C25H28N6O2S/c1-26-23(33)18-10-8-17(9-11-18)19-16-31-20-15-27-22(29-24(20)34-25(31)28-19)21(32)7-3-6-14-30-12-4-2-5-13-30/h8-11,15-16H,2-7,12-14H2,1H3,(H,26,33). The Kier molecular flexibility index (Phi) is 6.64. The first-order valence-corrected chi connectivity index (χ1v) is 12.7. The second-order valence-corrected chi connectivity index (χ2v) is 9.66. The molecule has 8 nitrogen and oxygen atoms in total. The van der Waals surface area contributed by atoms with Gasteiger partial charge in [0.1, 0.15) is 10.3 Å². The van der Waals surface area contributed by atoms with Gasteiger partial charge in [-0.3, -0.25) is 14.0 Å². The Morgan fingerprint density at radius 1 is 1.06 bits per heavy atom. The molecule has 176 valence electrons. The number of rotatable bonds is 8. The number of likely N-dealkylation sites (tertiary alicyclic amines) is 1. The fourth-order valence-corrected chi connectivity index (χ4v) is 5.37. The number of Topliss-reactive ketones (excluding diaryl/α,β-unsaturated/α-hetero) is 1. The molecule has 1 N–H and O–H groups in total. The highest BCUT2D eigenvalue weighted by Crippen LogP contribution is 2.28. The summed E-state index contributed by atoms with van der Waals surface area (Å²) in [5.74, 6) is 0.177. The number of hydrogen-bond donors (Lipinski definition) is 1. The fraction of sp³-hybridized carbons (Fsp3) is 0.400. The number of aromatic nitrogens is 4. The lowest BCUT2D eigenvalue weighted by Gasteiger charge is -2.26. The molecule has 0 atom stereocenters. The van der Waals surface area contributed by atoms with E-state index < -0.39 is 0 Å². The van der Waals surface area contributed by atoms with Crippen LogP contribution >= 0.6 is 11.3 Å². The van der Waals surface area contributed by atoms with E-state index in [9.17, 15) is 9.59 Å². The van der Waals surface area contributed by atoms with E-state index >= 15 is 0 Å². The molecule has 34 heavy (non-hydrogen) atoms. The second-order valence-electron chi connectivity index (χ2n) is 8.70. The van der Waals surface area contributed by atoms with Gasteiger partial charge in [0.2, 0.25) is 0 Å². The first kappa shape index (κ1) is 22.6. The van der Waals surface area contributed by atoms with Gasteiger partial charge >= 0.3 is 0 Å². The van der Waals surface area contributed by atoms with E-state index in [2.05, 4.69) is 20.2 Å². The highest BCUT2D eigenvalue weighted by Gasteiger charge is 2.16. The Bertz CT molecular complexity index is 1320. The lowest BCUT2D eigenvalue weighted by molar-refractivity contribution is 0.0957. The highest BCUT2D eigenvalue weighted by molar-refractivity contribution is 7.23. The third-order valence-corrected chi connectivity index (χ3v) is 7.32. The molecule has 0 radical (unpaired) electrons. The van der Waals surface area contributed by atoms with Gasteiger partial charge in [0.25, 0.3) is 5.91 Å². The third-order valence-electron chi connectivity index (χ3n) is 6.35. The molecule has 0 spiro atoms. The average Bonchev–Trinajstić information content (AvgIpc) is 3.44. The van der Waals surface area contributed by atoms with Crippen molar-refractivity contribution in [2.75, 3.05) is 26.7 Å². The number of fused-ring (bicyclic) bond motifs is 3. The Labute approximate surface area is 202 Å². The summed E-state index contributed by atoms with van der Waals surface area (Å²) in [6.45, 7) is 3.46. The zero-order valence-electron chi connectivity index (χ0n) is 19.3. The van der Waals surface area contributed by atoms with Gasteiger partial charge in [0.05, 0.1) is 11.9 Å². The van der Waals surface area contributed by atoms with Crippen molar-refractivity contribution in [1.82, 2.24) is 29.6 Å². The predicted octanol–water partition coefficient (Wildman–Crippen LogP) is 4.20. The SMILES string of the molecule is CNC(=O)c1ccc(-c2cn3c(n2)sc2nc(C(=O)CCCCN4CCCCC4)ncc23)cc1. The Hall–Kier alpha value is -3.17. The first-order valence-electron chi connectivity index (χ1n) is 11.8. The normalized spacial score (nSPS) is 14.6. The summed E-state index contributed by atoms with van der Waals surface area (Å²) < 4.78 is 1.95. The molecule has 4 heterocycles. The fourth-order valence-electron chi connectivity index (χ4n) is 4.42. The molecule has 5 rings (SSSR count). The van der Waals surface area contributed by atoms with Gasteiger partial charge in [0, 0.05) is 30.8 Å². The van der Waals surface area contributed by atoms with Crippen LogP contribution in [0.15, 0.2) is 36.7 Å². The summed E-state index contributed by atoms with van der Waals surface area (Å²) in [7, 11) is 1.61. The molecule has 1 saturated heterocycles. The van der Waals surface area contributed by atoms with Crippen LogP contribution in [0.1, 0.15) is 59.5 Å². The average molecular weight is 477 g/mol. The van der Waals surface area contributed by atoms with Crippen molar-refractivity contribution in [3.05, 3.63) is 48.0 Å². The zero-order valence-corrected chi connectivity index (χ0v) is 20.1. The lowest BCUT2D eigenvalue weighted by Crippen LogP contribution is -2.30.